The number of likely N-dealkylation sites (tertiary alicyclic amines) is 1. The molecule has 1 aromatic carbocycles. The van der Waals surface area contributed by atoms with Crippen LogP contribution in [0.2, 0.25) is 0 Å². The fourth-order valence-electron chi connectivity index (χ4n) is 4.05. The normalized spacial score (nSPS) is 18.1. The number of carbonyl (C=O) groups is 2. The molecule has 0 aliphatic carbocycles. The molecule has 1 saturated heterocycles. The Hall–Kier alpha value is -3.81. The molecule has 2 amide bonds. The molecule has 0 spiro atoms. The summed E-state index contributed by atoms with van der Waals surface area (Å²) in [7, 11) is 1.59. The minimum absolute atomic E-state index is 0.0244. The molecule has 32 heavy (non-hydrogen) atoms. The number of likely N-dealkylation sites (N-methyl/N-ethyl adjacent to an activating group) is 1. The Kier molecular flexibility index (Phi) is 6.11. The molecule has 3 aromatic rings. The van der Waals surface area contributed by atoms with Crippen LogP contribution in [-0.4, -0.2) is 46.8 Å². The number of ether oxygens (including phenoxy) is 1. The zero-order chi connectivity index (χ0) is 22.6. The number of nitrogens with zero attached hydrogens (tertiary/aromatic N) is 3. The first-order chi connectivity index (χ1) is 15.5. The van der Waals surface area contributed by atoms with E-state index in [2.05, 4.69) is 15.3 Å². The van der Waals surface area contributed by atoms with E-state index in [-0.39, 0.29) is 30.0 Å². The van der Waals surface area contributed by atoms with E-state index in [1.165, 1.54) is 24.4 Å². The highest BCUT2D eigenvalue weighted by Gasteiger charge is 2.45. The summed E-state index contributed by atoms with van der Waals surface area (Å²) >= 11 is 0. The maximum absolute atomic E-state index is 13.9. The zero-order valence-corrected chi connectivity index (χ0v) is 17.6. The Labute approximate surface area is 185 Å². The lowest BCUT2D eigenvalue weighted by molar-refractivity contribution is -0.128. The van der Waals surface area contributed by atoms with Gasteiger partial charge in [0.2, 0.25) is 11.8 Å². The zero-order valence-electron chi connectivity index (χ0n) is 17.6. The van der Waals surface area contributed by atoms with E-state index >= 15 is 0 Å². The third-order valence-electron chi connectivity index (χ3n) is 5.63. The molecule has 4 rings (SSSR count). The lowest BCUT2D eigenvalue weighted by atomic mass is 9.75. The van der Waals surface area contributed by atoms with Crippen LogP contribution in [0.25, 0.3) is 0 Å². The SMILES string of the molecule is CNC(=O)[C@@]1(c2ccccn2)CCCN(C(=O)c2ccnc(Oc3ccccc3F)c2)C1. The van der Waals surface area contributed by atoms with E-state index < -0.39 is 11.2 Å². The van der Waals surface area contributed by atoms with Crippen LogP contribution in [0, 0.1) is 5.82 Å². The van der Waals surface area contributed by atoms with Gasteiger partial charge in [0, 0.05) is 44.2 Å². The van der Waals surface area contributed by atoms with Crippen LogP contribution in [0.1, 0.15) is 28.9 Å². The maximum Gasteiger partial charge on any atom is 0.254 e. The molecule has 0 bridgehead atoms. The number of aromatic nitrogens is 2. The monoisotopic (exact) mass is 434 g/mol. The minimum Gasteiger partial charge on any atom is -0.436 e. The number of hydrogen-bond acceptors (Lipinski definition) is 5. The van der Waals surface area contributed by atoms with E-state index in [1.54, 1.807) is 42.4 Å². The molecule has 1 aliphatic rings. The van der Waals surface area contributed by atoms with Gasteiger partial charge in [0.05, 0.1) is 5.69 Å². The molecule has 1 atom stereocenters. The number of piperidine rings is 1. The smallest absolute Gasteiger partial charge is 0.254 e. The second kappa shape index (κ2) is 9.13. The van der Waals surface area contributed by atoms with Crippen molar-refractivity contribution < 1.29 is 18.7 Å². The average Bonchev–Trinajstić information content (AvgIpc) is 2.85. The van der Waals surface area contributed by atoms with E-state index in [4.69, 9.17) is 4.74 Å². The Morgan fingerprint density at radius 1 is 1.09 bits per heavy atom. The number of rotatable bonds is 5. The molecule has 164 valence electrons. The summed E-state index contributed by atoms with van der Waals surface area (Å²) in [5.74, 6) is -0.814. The van der Waals surface area contributed by atoms with Gasteiger partial charge in [-0.05, 0) is 43.2 Å². The summed E-state index contributed by atoms with van der Waals surface area (Å²) in [6.07, 6.45) is 4.33. The fourth-order valence-corrected chi connectivity index (χ4v) is 4.05. The third kappa shape index (κ3) is 4.16. The van der Waals surface area contributed by atoms with Gasteiger partial charge >= 0.3 is 0 Å². The van der Waals surface area contributed by atoms with Crippen LogP contribution < -0.4 is 10.1 Å². The second-order valence-corrected chi connectivity index (χ2v) is 7.62. The molecule has 1 fully saturated rings. The average molecular weight is 434 g/mol. The second-order valence-electron chi connectivity index (χ2n) is 7.62. The van der Waals surface area contributed by atoms with Gasteiger partial charge in [-0.3, -0.25) is 14.6 Å². The van der Waals surface area contributed by atoms with E-state index in [0.29, 0.717) is 30.6 Å². The summed E-state index contributed by atoms with van der Waals surface area (Å²) in [6, 6.07) is 14.5. The third-order valence-corrected chi connectivity index (χ3v) is 5.63. The number of halogens is 1. The molecule has 1 aliphatic heterocycles. The molecule has 0 radical (unpaired) electrons. The summed E-state index contributed by atoms with van der Waals surface area (Å²) in [4.78, 5) is 36.4. The molecule has 3 heterocycles. The Bertz CT molecular complexity index is 1120. The number of nitrogens with one attached hydrogen (secondary N) is 1. The highest BCUT2D eigenvalue weighted by Crippen LogP contribution is 2.34. The summed E-state index contributed by atoms with van der Waals surface area (Å²) in [6.45, 7) is 0.713. The Morgan fingerprint density at radius 2 is 1.91 bits per heavy atom. The molecule has 0 unspecified atom stereocenters. The Morgan fingerprint density at radius 3 is 2.66 bits per heavy atom. The van der Waals surface area contributed by atoms with Crippen LogP contribution in [0.5, 0.6) is 11.6 Å². The predicted molar refractivity (Wildman–Crippen MR) is 116 cm³/mol. The molecule has 7 nitrogen and oxygen atoms in total. The predicted octanol–water partition coefficient (Wildman–Crippen LogP) is 3.33. The number of benzene rings is 1. The number of hydrogen-bond donors (Lipinski definition) is 1. The van der Waals surface area contributed by atoms with Gasteiger partial charge in [-0.2, -0.15) is 0 Å². The van der Waals surface area contributed by atoms with Gasteiger partial charge in [0.1, 0.15) is 5.41 Å². The van der Waals surface area contributed by atoms with Crippen molar-refractivity contribution in [3.63, 3.8) is 0 Å². The van der Waals surface area contributed by atoms with Crippen LogP contribution in [0.3, 0.4) is 0 Å². The largest absolute Gasteiger partial charge is 0.436 e. The van der Waals surface area contributed by atoms with Crippen molar-refractivity contribution in [2.45, 2.75) is 18.3 Å². The van der Waals surface area contributed by atoms with Gasteiger partial charge < -0.3 is 15.0 Å². The molecular weight excluding hydrogens is 411 g/mol. The summed E-state index contributed by atoms with van der Waals surface area (Å²) < 4.78 is 19.4. The van der Waals surface area contributed by atoms with E-state index in [0.717, 1.165) is 0 Å². The highest BCUT2D eigenvalue weighted by atomic mass is 19.1. The standard InChI is InChI=1S/C24H23FN4O3/c1-26-23(31)24(20-9-4-5-12-27-20)11-6-14-29(16-24)22(30)17-10-13-28-21(15-17)32-19-8-3-2-7-18(19)25/h2-5,7-10,12-13,15H,6,11,14,16H2,1H3,(H,26,31)/t24-/m0/s1. The van der Waals surface area contributed by atoms with Crippen molar-refractivity contribution in [1.82, 2.24) is 20.2 Å². The highest BCUT2D eigenvalue weighted by molar-refractivity contribution is 5.96. The number of pyridine rings is 2. The van der Waals surface area contributed by atoms with Crippen molar-refractivity contribution in [3.8, 4) is 11.6 Å². The number of carbonyl (C=O) groups excluding carboxylic acids is 2. The van der Waals surface area contributed by atoms with Crippen LogP contribution >= 0.6 is 0 Å². The van der Waals surface area contributed by atoms with Gasteiger partial charge in [-0.15, -0.1) is 0 Å². The summed E-state index contributed by atoms with van der Waals surface area (Å²) in [5, 5.41) is 2.73. The summed E-state index contributed by atoms with van der Waals surface area (Å²) in [5.41, 5.74) is 0.0546. The van der Waals surface area contributed by atoms with E-state index in [9.17, 15) is 14.0 Å². The molecule has 8 heteroatoms. The Balaban J connectivity index is 1.59. The van der Waals surface area contributed by atoms with Crippen molar-refractivity contribution in [2.75, 3.05) is 20.1 Å². The van der Waals surface area contributed by atoms with Gasteiger partial charge in [-0.1, -0.05) is 18.2 Å². The van der Waals surface area contributed by atoms with Crippen molar-refractivity contribution in [3.05, 3.63) is 84.1 Å². The van der Waals surface area contributed by atoms with Crippen molar-refractivity contribution in [2.24, 2.45) is 0 Å². The first kappa shape index (κ1) is 21.4. The first-order valence-electron chi connectivity index (χ1n) is 10.3. The minimum atomic E-state index is -0.927. The maximum atomic E-state index is 13.9. The number of para-hydroxylation sites is 1. The van der Waals surface area contributed by atoms with Crippen LogP contribution in [0.15, 0.2) is 67.0 Å². The van der Waals surface area contributed by atoms with Gasteiger partial charge in [0.25, 0.3) is 5.91 Å². The van der Waals surface area contributed by atoms with Crippen LogP contribution in [-0.2, 0) is 10.2 Å². The first-order valence-corrected chi connectivity index (χ1v) is 10.3. The molecule has 2 aromatic heterocycles. The van der Waals surface area contributed by atoms with Gasteiger partial charge in [0.15, 0.2) is 11.6 Å². The lowest BCUT2D eigenvalue weighted by Gasteiger charge is -2.41. The molecular formula is C24H23FN4O3. The number of amides is 2. The van der Waals surface area contributed by atoms with Gasteiger partial charge in [-0.25, -0.2) is 9.37 Å². The molecule has 1 N–H and O–H groups in total. The van der Waals surface area contributed by atoms with Crippen molar-refractivity contribution in [1.29, 1.82) is 0 Å². The lowest BCUT2D eigenvalue weighted by Crippen LogP contribution is -2.56. The van der Waals surface area contributed by atoms with Crippen LogP contribution in [0.4, 0.5) is 4.39 Å². The topological polar surface area (TPSA) is 84.4 Å². The van der Waals surface area contributed by atoms with Crippen molar-refractivity contribution >= 4 is 11.8 Å². The fraction of sp³-hybridized carbons (Fsp3) is 0.250. The molecule has 0 saturated carbocycles. The van der Waals surface area contributed by atoms with E-state index in [1.807, 2.05) is 12.1 Å². The quantitative estimate of drug-likeness (QED) is 0.666.